The van der Waals surface area contributed by atoms with Crippen LogP contribution in [0.3, 0.4) is 0 Å². The van der Waals surface area contributed by atoms with Gasteiger partial charge in [0.2, 0.25) is 5.76 Å². The van der Waals surface area contributed by atoms with E-state index in [1.165, 1.54) is 0 Å². The number of aliphatic hydroxyl groups excluding tert-OH is 1. The van der Waals surface area contributed by atoms with Crippen LogP contribution >= 0.6 is 0 Å². The van der Waals surface area contributed by atoms with Gasteiger partial charge < -0.3 is 24.4 Å². The summed E-state index contributed by atoms with van der Waals surface area (Å²) < 4.78 is 15.8. The molecule has 0 bridgehead atoms. The minimum absolute atomic E-state index is 0.179. The maximum atomic E-state index is 12.0. The first kappa shape index (κ1) is 12.6. The molecule has 1 aromatic heterocycles. The second-order valence-electron chi connectivity index (χ2n) is 4.78. The maximum absolute atomic E-state index is 12.0. The molecule has 2 N–H and O–H groups in total. The SMILES string of the molecule is CCc1cc(C(=O)N[C@H]2CO[C@H]3[C@@H]2OC[C@H]3O)on1. The Morgan fingerprint density at radius 3 is 3.00 bits per heavy atom. The number of aromatic nitrogens is 1. The predicted molar refractivity (Wildman–Crippen MR) is 62.6 cm³/mol. The van der Waals surface area contributed by atoms with Crippen molar-refractivity contribution in [1.82, 2.24) is 10.5 Å². The fraction of sp³-hybridized carbons (Fsp3) is 0.667. The summed E-state index contributed by atoms with van der Waals surface area (Å²) in [5.74, 6) is -0.162. The van der Waals surface area contributed by atoms with Gasteiger partial charge in [-0.1, -0.05) is 12.1 Å². The first-order chi connectivity index (χ1) is 9.19. The van der Waals surface area contributed by atoms with Gasteiger partial charge in [0.1, 0.15) is 18.3 Å². The minimum atomic E-state index is -0.621. The van der Waals surface area contributed by atoms with Crippen LogP contribution in [-0.2, 0) is 15.9 Å². The monoisotopic (exact) mass is 268 g/mol. The Hall–Kier alpha value is -1.44. The number of fused-ring (bicyclic) bond motifs is 1. The summed E-state index contributed by atoms with van der Waals surface area (Å²) in [5.41, 5.74) is 0.734. The van der Waals surface area contributed by atoms with Crippen LogP contribution in [0.1, 0.15) is 23.2 Å². The zero-order valence-corrected chi connectivity index (χ0v) is 10.5. The highest BCUT2D eigenvalue weighted by Gasteiger charge is 2.47. The Morgan fingerprint density at radius 1 is 1.47 bits per heavy atom. The highest BCUT2D eigenvalue weighted by atomic mass is 16.6. The minimum Gasteiger partial charge on any atom is -0.388 e. The first-order valence-corrected chi connectivity index (χ1v) is 6.36. The van der Waals surface area contributed by atoms with Crippen molar-refractivity contribution in [2.24, 2.45) is 0 Å². The fourth-order valence-electron chi connectivity index (χ4n) is 2.43. The molecular formula is C12H16N2O5. The van der Waals surface area contributed by atoms with Gasteiger partial charge in [0, 0.05) is 6.07 Å². The van der Waals surface area contributed by atoms with Crippen molar-refractivity contribution in [2.45, 2.75) is 37.7 Å². The van der Waals surface area contributed by atoms with E-state index in [0.29, 0.717) is 13.0 Å². The average molecular weight is 268 g/mol. The Labute approximate surface area is 109 Å². The lowest BCUT2D eigenvalue weighted by Crippen LogP contribution is -2.44. The van der Waals surface area contributed by atoms with Crippen molar-refractivity contribution in [3.05, 3.63) is 17.5 Å². The number of amides is 1. The predicted octanol–water partition coefficient (Wildman–Crippen LogP) is -0.506. The molecule has 2 fully saturated rings. The molecule has 3 rings (SSSR count). The highest BCUT2D eigenvalue weighted by molar-refractivity contribution is 5.91. The molecule has 2 aliphatic heterocycles. The van der Waals surface area contributed by atoms with Crippen LogP contribution in [-0.4, -0.2) is 53.7 Å². The van der Waals surface area contributed by atoms with Crippen molar-refractivity contribution < 1.29 is 23.9 Å². The smallest absolute Gasteiger partial charge is 0.290 e. The molecule has 2 saturated heterocycles. The van der Waals surface area contributed by atoms with Gasteiger partial charge in [0.05, 0.1) is 24.9 Å². The molecule has 3 heterocycles. The topological polar surface area (TPSA) is 93.8 Å². The Kier molecular flexibility index (Phi) is 3.26. The lowest BCUT2D eigenvalue weighted by Gasteiger charge is -2.16. The summed E-state index contributed by atoms with van der Waals surface area (Å²) in [6, 6.07) is 1.34. The van der Waals surface area contributed by atoms with E-state index in [0.717, 1.165) is 5.69 Å². The second-order valence-corrected chi connectivity index (χ2v) is 4.78. The van der Waals surface area contributed by atoms with Crippen LogP contribution in [0.15, 0.2) is 10.6 Å². The van der Waals surface area contributed by atoms with Gasteiger partial charge in [-0.2, -0.15) is 0 Å². The summed E-state index contributed by atoms with van der Waals surface area (Å²) in [7, 11) is 0. The third-order valence-electron chi connectivity index (χ3n) is 3.49. The molecule has 19 heavy (non-hydrogen) atoms. The Morgan fingerprint density at radius 2 is 2.26 bits per heavy atom. The molecule has 0 unspecified atom stereocenters. The lowest BCUT2D eigenvalue weighted by atomic mass is 10.1. The molecule has 0 aliphatic carbocycles. The van der Waals surface area contributed by atoms with Gasteiger partial charge in [0.15, 0.2) is 0 Å². The first-order valence-electron chi connectivity index (χ1n) is 6.36. The summed E-state index contributed by atoms with van der Waals surface area (Å²) in [4.78, 5) is 12.0. The number of aliphatic hydroxyl groups is 1. The van der Waals surface area contributed by atoms with E-state index in [1.54, 1.807) is 6.07 Å². The number of carbonyl (C=O) groups is 1. The summed E-state index contributed by atoms with van der Waals surface area (Å²) in [6.07, 6.45) is -0.564. The fourth-order valence-corrected chi connectivity index (χ4v) is 2.43. The summed E-state index contributed by atoms with van der Waals surface area (Å²) in [6.45, 7) is 2.50. The second kappa shape index (κ2) is 4.92. The number of rotatable bonds is 3. The van der Waals surface area contributed by atoms with E-state index < -0.39 is 6.10 Å². The zero-order valence-electron chi connectivity index (χ0n) is 10.5. The van der Waals surface area contributed by atoms with Crippen molar-refractivity contribution in [2.75, 3.05) is 13.2 Å². The number of carbonyl (C=O) groups excluding carboxylic acids is 1. The normalized spacial score (nSPS) is 33.4. The maximum Gasteiger partial charge on any atom is 0.290 e. The molecule has 7 heteroatoms. The van der Waals surface area contributed by atoms with Gasteiger partial charge in [-0.25, -0.2) is 0 Å². The summed E-state index contributed by atoms with van der Waals surface area (Å²) in [5, 5.41) is 16.2. The van der Waals surface area contributed by atoms with E-state index in [2.05, 4.69) is 10.5 Å². The number of hydrogen-bond donors (Lipinski definition) is 2. The molecule has 0 aromatic carbocycles. The third-order valence-corrected chi connectivity index (χ3v) is 3.49. The van der Waals surface area contributed by atoms with Crippen molar-refractivity contribution in [3.63, 3.8) is 0 Å². The van der Waals surface area contributed by atoms with Crippen LogP contribution in [0, 0.1) is 0 Å². The zero-order chi connectivity index (χ0) is 13.4. The van der Waals surface area contributed by atoms with Gasteiger partial charge in [-0.3, -0.25) is 4.79 Å². The summed E-state index contributed by atoms with van der Waals surface area (Å²) >= 11 is 0. The highest BCUT2D eigenvalue weighted by Crippen LogP contribution is 2.27. The molecule has 2 aliphatic rings. The molecule has 0 spiro atoms. The van der Waals surface area contributed by atoms with Crippen molar-refractivity contribution in [1.29, 1.82) is 0 Å². The van der Waals surface area contributed by atoms with Crippen LogP contribution < -0.4 is 5.32 Å². The number of nitrogens with zero attached hydrogens (tertiary/aromatic N) is 1. The molecule has 1 amide bonds. The number of hydrogen-bond acceptors (Lipinski definition) is 6. The van der Waals surface area contributed by atoms with Crippen molar-refractivity contribution >= 4 is 5.91 Å². The lowest BCUT2D eigenvalue weighted by molar-refractivity contribution is 0.0178. The molecule has 7 nitrogen and oxygen atoms in total. The van der Waals surface area contributed by atoms with E-state index in [9.17, 15) is 9.90 Å². The third kappa shape index (κ3) is 2.24. The molecular weight excluding hydrogens is 252 g/mol. The Bertz CT molecular complexity index is 474. The number of nitrogens with one attached hydrogen (secondary N) is 1. The van der Waals surface area contributed by atoms with Gasteiger partial charge in [-0.05, 0) is 6.42 Å². The van der Waals surface area contributed by atoms with Gasteiger partial charge in [-0.15, -0.1) is 0 Å². The molecule has 0 saturated carbocycles. The number of aryl methyl sites for hydroxylation is 1. The van der Waals surface area contributed by atoms with E-state index in [-0.39, 0.29) is 36.5 Å². The van der Waals surface area contributed by atoms with Crippen molar-refractivity contribution in [3.8, 4) is 0 Å². The van der Waals surface area contributed by atoms with Crippen LogP contribution in [0.5, 0.6) is 0 Å². The van der Waals surface area contributed by atoms with Crippen LogP contribution in [0.25, 0.3) is 0 Å². The standard InChI is InChI=1S/C12H16N2O5/c1-2-6-3-9(19-14-6)12(16)13-7-4-17-11-8(15)5-18-10(7)11/h3,7-8,10-11,15H,2,4-5H2,1H3,(H,13,16)/t7-,8+,10+,11+/m0/s1. The van der Waals surface area contributed by atoms with Crippen LogP contribution in [0.2, 0.25) is 0 Å². The van der Waals surface area contributed by atoms with Gasteiger partial charge in [0.25, 0.3) is 5.91 Å². The van der Waals surface area contributed by atoms with E-state index in [4.69, 9.17) is 14.0 Å². The van der Waals surface area contributed by atoms with E-state index in [1.807, 2.05) is 6.92 Å². The van der Waals surface area contributed by atoms with Gasteiger partial charge >= 0.3 is 0 Å². The molecule has 4 atom stereocenters. The Balaban J connectivity index is 1.64. The largest absolute Gasteiger partial charge is 0.388 e. The quantitative estimate of drug-likeness (QED) is 0.767. The van der Waals surface area contributed by atoms with Crippen LogP contribution in [0.4, 0.5) is 0 Å². The molecule has 0 radical (unpaired) electrons. The molecule has 104 valence electrons. The average Bonchev–Trinajstić information content (AvgIpc) is 3.09. The van der Waals surface area contributed by atoms with E-state index >= 15 is 0 Å². The molecule has 1 aromatic rings. The number of ether oxygens (including phenoxy) is 2.